The van der Waals surface area contributed by atoms with Crippen molar-refractivity contribution in [2.24, 2.45) is 0 Å². The van der Waals surface area contributed by atoms with Gasteiger partial charge in [-0.2, -0.15) is 0 Å². The number of carboxylic acid groups (broad SMARTS) is 2. The lowest BCUT2D eigenvalue weighted by Crippen LogP contribution is -2.43. The Balaban J connectivity index is 1.82. The summed E-state index contributed by atoms with van der Waals surface area (Å²) in [5, 5.41) is 25.9. The maximum atomic E-state index is 10.9. The van der Waals surface area contributed by atoms with Crippen LogP contribution in [0.15, 0.2) is 60.7 Å². The Morgan fingerprint density at radius 2 is 1.29 bits per heavy atom. The third-order valence-corrected chi connectivity index (χ3v) is 5.24. The molecule has 0 aliphatic heterocycles. The van der Waals surface area contributed by atoms with Crippen LogP contribution in [0.1, 0.15) is 36.8 Å². The van der Waals surface area contributed by atoms with E-state index in [-0.39, 0.29) is 6.54 Å². The van der Waals surface area contributed by atoms with Crippen molar-refractivity contribution >= 4 is 12.2 Å². The van der Waals surface area contributed by atoms with Crippen molar-refractivity contribution in [1.29, 1.82) is 0 Å². The molecule has 0 bridgehead atoms. The quantitative estimate of drug-likeness (QED) is 0.294. The zero-order valence-corrected chi connectivity index (χ0v) is 17.8. The SMILES string of the molecule is O=C(O)NC[C@H](CCCNC(CCc1ccccc1)CCc1ccccc1)NC(=O)O. The molecule has 1 atom stereocenters. The Morgan fingerprint density at radius 1 is 0.742 bits per heavy atom. The highest BCUT2D eigenvalue weighted by molar-refractivity contribution is 5.66. The van der Waals surface area contributed by atoms with E-state index in [0.29, 0.717) is 12.5 Å². The standard InChI is InChI=1S/C24H33N3O4/c28-23(29)26-18-22(27-24(30)31)12-7-17-25-21(15-13-19-8-3-1-4-9-19)16-14-20-10-5-2-6-11-20/h1-6,8-11,21-22,25-27H,7,12-18H2,(H,28,29)(H,30,31)/t22-/m0/s1. The van der Waals surface area contributed by atoms with Gasteiger partial charge in [-0.05, 0) is 56.2 Å². The molecule has 0 aliphatic rings. The van der Waals surface area contributed by atoms with E-state index >= 15 is 0 Å². The molecule has 0 fully saturated rings. The highest BCUT2D eigenvalue weighted by Gasteiger charge is 2.14. The van der Waals surface area contributed by atoms with Crippen molar-refractivity contribution in [2.75, 3.05) is 13.1 Å². The minimum atomic E-state index is -1.16. The van der Waals surface area contributed by atoms with Crippen LogP contribution < -0.4 is 16.0 Å². The Kier molecular flexibility index (Phi) is 11.0. The van der Waals surface area contributed by atoms with Gasteiger partial charge >= 0.3 is 12.2 Å². The number of aryl methyl sites for hydroxylation is 2. The summed E-state index contributed by atoms with van der Waals surface area (Å²) in [4.78, 5) is 21.6. The zero-order valence-electron chi connectivity index (χ0n) is 17.8. The number of rotatable bonds is 14. The molecule has 7 nitrogen and oxygen atoms in total. The number of nitrogens with one attached hydrogen (secondary N) is 3. The molecule has 168 valence electrons. The van der Waals surface area contributed by atoms with Crippen LogP contribution in [-0.4, -0.2) is 47.6 Å². The smallest absolute Gasteiger partial charge is 0.404 e. The van der Waals surface area contributed by atoms with Crippen molar-refractivity contribution in [3.8, 4) is 0 Å². The predicted octanol–water partition coefficient (Wildman–Crippen LogP) is 3.89. The fourth-order valence-corrected chi connectivity index (χ4v) is 3.58. The van der Waals surface area contributed by atoms with Crippen LogP contribution in [-0.2, 0) is 12.8 Å². The number of carbonyl (C=O) groups is 2. The first-order valence-electron chi connectivity index (χ1n) is 10.8. The average Bonchev–Trinajstić information content (AvgIpc) is 2.77. The van der Waals surface area contributed by atoms with Gasteiger partial charge in [0.2, 0.25) is 0 Å². The second kappa shape index (κ2) is 14.0. The summed E-state index contributed by atoms with van der Waals surface area (Å²) in [6.07, 6.45) is 3.05. The molecule has 0 aromatic heterocycles. The van der Waals surface area contributed by atoms with Crippen molar-refractivity contribution < 1.29 is 19.8 Å². The lowest BCUT2D eigenvalue weighted by Gasteiger charge is -2.21. The third-order valence-electron chi connectivity index (χ3n) is 5.24. The number of hydrogen-bond donors (Lipinski definition) is 5. The molecule has 5 N–H and O–H groups in total. The van der Waals surface area contributed by atoms with Crippen LogP contribution in [0.5, 0.6) is 0 Å². The normalized spacial score (nSPS) is 11.8. The van der Waals surface area contributed by atoms with E-state index in [0.717, 1.165) is 38.6 Å². The van der Waals surface area contributed by atoms with Crippen LogP contribution >= 0.6 is 0 Å². The van der Waals surface area contributed by atoms with Gasteiger partial charge in [0.15, 0.2) is 0 Å². The Morgan fingerprint density at radius 3 is 1.77 bits per heavy atom. The van der Waals surface area contributed by atoms with Crippen molar-refractivity contribution in [3.63, 3.8) is 0 Å². The van der Waals surface area contributed by atoms with E-state index in [1.165, 1.54) is 11.1 Å². The molecule has 0 saturated carbocycles. The van der Waals surface area contributed by atoms with Gasteiger partial charge in [-0.1, -0.05) is 60.7 Å². The first kappa shape index (κ1) is 24.2. The molecular weight excluding hydrogens is 394 g/mol. The monoisotopic (exact) mass is 427 g/mol. The molecule has 31 heavy (non-hydrogen) atoms. The van der Waals surface area contributed by atoms with Gasteiger partial charge in [-0.3, -0.25) is 0 Å². The van der Waals surface area contributed by atoms with E-state index in [4.69, 9.17) is 10.2 Å². The van der Waals surface area contributed by atoms with Gasteiger partial charge in [0.25, 0.3) is 0 Å². The van der Waals surface area contributed by atoms with Crippen molar-refractivity contribution in [1.82, 2.24) is 16.0 Å². The van der Waals surface area contributed by atoms with Crippen LogP contribution in [0.3, 0.4) is 0 Å². The van der Waals surface area contributed by atoms with Crippen LogP contribution in [0.4, 0.5) is 9.59 Å². The fraction of sp³-hybridized carbons (Fsp3) is 0.417. The van der Waals surface area contributed by atoms with E-state index in [2.05, 4.69) is 64.5 Å². The maximum Gasteiger partial charge on any atom is 0.404 e. The minimum Gasteiger partial charge on any atom is -0.465 e. The van der Waals surface area contributed by atoms with Gasteiger partial charge in [0.1, 0.15) is 0 Å². The van der Waals surface area contributed by atoms with E-state index < -0.39 is 18.2 Å². The van der Waals surface area contributed by atoms with Gasteiger partial charge in [-0.25, -0.2) is 9.59 Å². The molecule has 2 aromatic rings. The molecule has 2 amide bonds. The molecule has 2 rings (SSSR count). The molecular formula is C24H33N3O4. The summed E-state index contributed by atoms with van der Waals surface area (Å²) < 4.78 is 0. The molecule has 0 saturated heterocycles. The first-order chi connectivity index (χ1) is 15.0. The van der Waals surface area contributed by atoms with E-state index in [1.807, 2.05) is 12.1 Å². The van der Waals surface area contributed by atoms with Crippen LogP contribution in [0.25, 0.3) is 0 Å². The molecule has 0 heterocycles. The topological polar surface area (TPSA) is 111 Å². The minimum absolute atomic E-state index is 0.0626. The summed E-state index contributed by atoms with van der Waals surface area (Å²) >= 11 is 0. The number of amides is 2. The highest BCUT2D eigenvalue weighted by Crippen LogP contribution is 2.11. The second-order valence-electron chi connectivity index (χ2n) is 7.67. The molecule has 0 unspecified atom stereocenters. The Labute approximate surface area is 183 Å². The van der Waals surface area contributed by atoms with E-state index in [9.17, 15) is 9.59 Å². The summed E-state index contributed by atoms with van der Waals surface area (Å²) in [5.74, 6) is 0. The molecule has 7 heteroatoms. The Bertz CT molecular complexity index is 727. The summed E-state index contributed by atoms with van der Waals surface area (Å²) in [7, 11) is 0. The van der Waals surface area contributed by atoms with Gasteiger partial charge < -0.3 is 26.2 Å². The fourth-order valence-electron chi connectivity index (χ4n) is 3.58. The average molecular weight is 428 g/mol. The van der Waals surface area contributed by atoms with Crippen LogP contribution in [0, 0.1) is 0 Å². The third kappa shape index (κ3) is 11.1. The summed E-state index contributed by atoms with van der Waals surface area (Å²) in [5.41, 5.74) is 2.64. The maximum absolute atomic E-state index is 10.9. The predicted molar refractivity (Wildman–Crippen MR) is 122 cm³/mol. The Hall–Kier alpha value is -3.06. The summed E-state index contributed by atoms with van der Waals surface area (Å²) in [6.45, 7) is 0.812. The first-order valence-corrected chi connectivity index (χ1v) is 10.8. The number of hydrogen-bond acceptors (Lipinski definition) is 3. The van der Waals surface area contributed by atoms with Gasteiger partial charge in [0.05, 0.1) is 0 Å². The van der Waals surface area contributed by atoms with Crippen molar-refractivity contribution in [3.05, 3.63) is 71.8 Å². The van der Waals surface area contributed by atoms with Crippen LogP contribution in [0.2, 0.25) is 0 Å². The molecule has 0 spiro atoms. The second-order valence-corrected chi connectivity index (χ2v) is 7.67. The van der Waals surface area contributed by atoms with Crippen molar-refractivity contribution in [2.45, 2.75) is 50.6 Å². The van der Waals surface area contributed by atoms with Gasteiger partial charge in [-0.15, -0.1) is 0 Å². The highest BCUT2D eigenvalue weighted by atomic mass is 16.4. The molecule has 0 radical (unpaired) electrons. The van der Waals surface area contributed by atoms with Gasteiger partial charge in [0, 0.05) is 18.6 Å². The summed E-state index contributed by atoms with van der Waals surface area (Å²) in [6, 6.07) is 20.8. The molecule has 0 aliphatic carbocycles. The lowest BCUT2D eigenvalue weighted by atomic mass is 9.99. The van der Waals surface area contributed by atoms with E-state index in [1.54, 1.807) is 0 Å². The molecule has 2 aromatic carbocycles. The number of benzene rings is 2. The zero-order chi connectivity index (χ0) is 22.3. The lowest BCUT2D eigenvalue weighted by molar-refractivity contribution is 0.182. The largest absolute Gasteiger partial charge is 0.465 e.